The zero-order valence-electron chi connectivity index (χ0n) is 13.7. The molecule has 0 atom stereocenters. The van der Waals surface area contributed by atoms with E-state index < -0.39 is 21.8 Å². The molecule has 142 valence electrons. The Bertz CT molecular complexity index is 795. The predicted molar refractivity (Wildman–Crippen MR) is 90.7 cm³/mol. The topological polar surface area (TPSA) is 64.6 Å². The third-order valence-corrected chi connectivity index (χ3v) is 4.57. The van der Waals surface area contributed by atoms with E-state index in [-0.39, 0.29) is 31.3 Å². The number of alkyl halides is 3. The first-order valence-corrected chi connectivity index (χ1v) is 9.37. The van der Waals surface area contributed by atoms with Crippen LogP contribution in [0.2, 0.25) is 0 Å². The van der Waals surface area contributed by atoms with E-state index in [0.717, 1.165) is 12.1 Å². The quantitative estimate of drug-likeness (QED) is 0.670. The van der Waals surface area contributed by atoms with E-state index in [1.165, 1.54) is 12.1 Å². The van der Waals surface area contributed by atoms with Crippen molar-refractivity contribution in [2.75, 3.05) is 25.5 Å². The Morgan fingerprint density at radius 1 is 0.885 bits per heavy atom. The van der Waals surface area contributed by atoms with Gasteiger partial charge in [0, 0.05) is 6.54 Å². The molecule has 2 aromatic rings. The van der Waals surface area contributed by atoms with Crippen molar-refractivity contribution in [3.8, 4) is 11.5 Å². The molecule has 9 heteroatoms. The van der Waals surface area contributed by atoms with Gasteiger partial charge in [0.05, 0.1) is 11.3 Å². The number of ether oxygens (including phenoxy) is 2. The molecular formula is C17H18F3NO4S. The summed E-state index contributed by atoms with van der Waals surface area (Å²) in [4.78, 5) is 0. The average Bonchev–Trinajstić information content (AvgIpc) is 2.59. The lowest BCUT2D eigenvalue weighted by Crippen LogP contribution is -2.32. The van der Waals surface area contributed by atoms with Crippen molar-refractivity contribution in [1.29, 1.82) is 0 Å². The molecule has 0 heterocycles. The summed E-state index contributed by atoms with van der Waals surface area (Å²) < 4.78 is 74.2. The van der Waals surface area contributed by atoms with Crippen LogP contribution in [0.3, 0.4) is 0 Å². The van der Waals surface area contributed by atoms with Crippen LogP contribution in [0.15, 0.2) is 54.6 Å². The summed E-state index contributed by atoms with van der Waals surface area (Å²) in [5.74, 6) is 0.341. The lowest BCUT2D eigenvalue weighted by Gasteiger charge is -2.11. The Kier molecular flexibility index (Phi) is 6.87. The second-order valence-corrected chi connectivity index (χ2v) is 7.18. The van der Waals surface area contributed by atoms with Gasteiger partial charge < -0.3 is 9.47 Å². The molecule has 5 nitrogen and oxygen atoms in total. The average molecular weight is 389 g/mol. The van der Waals surface area contributed by atoms with Gasteiger partial charge in [-0.3, -0.25) is 0 Å². The molecule has 2 rings (SSSR count). The van der Waals surface area contributed by atoms with Crippen LogP contribution in [0.4, 0.5) is 13.2 Å². The fraction of sp³-hybridized carbons (Fsp3) is 0.294. The summed E-state index contributed by atoms with van der Waals surface area (Å²) in [7, 11) is -3.57. The van der Waals surface area contributed by atoms with E-state index in [9.17, 15) is 21.6 Å². The minimum atomic E-state index is -4.46. The molecule has 0 radical (unpaired) electrons. The third kappa shape index (κ3) is 6.93. The fourth-order valence-electron chi connectivity index (χ4n) is 1.99. The summed E-state index contributed by atoms with van der Waals surface area (Å²) in [5, 5.41) is 0. The van der Waals surface area contributed by atoms with Crippen molar-refractivity contribution in [2.45, 2.75) is 6.18 Å². The van der Waals surface area contributed by atoms with Crippen molar-refractivity contribution >= 4 is 10.0 Å². The Hall–Kier alpha value is -2.26. The smallest absolute Gasteiger partial charge is 0.416 e. The maximum atomic E-state index is 12.6. The Morgan fingerprint density at radius 3 is 2.23 bits per heavy atom. The highest BCUT2D eigenvalue weighted by molar-refractivity contribution is 7.89. The maximum absolute atomic E-state index is 12.6. The van der Waals surface area contributed by atoms with Gasteiger partial charge >= 0.3 is 6.18 Å². The first-order chi connectivity index (χ1) is 12.3. The summed E-state index contributed by atoms with van der Waals surface area (Å²) in [5.41, 5.74) is -0.825. The van der Waals surface area contributed by atoms with E-state index in [0.29, 0.717) is 5.75 Å². The van der Waals surface area contributed by atoms with Crippen LogP contribution in [0.25, 0.3) is 0 Å². The van der Waals surface area contributed by atoms with Crippen molar-refractivity contribution in [1.82, 2.24) is 4.72 Å². The van der Waals surface area contributed by atoms with Crippen molar-refractivity contribution in [2.24, 2.45) is 0 Å². The van der Waals surface area contributed by atoms with Crippen LogP contribution in [0.5, 0.6) is 11.5 Å². The van der Waals surface area contributed by atoms with Crippen LogP contribution in [0, 0.1) is 0 Å². The van der Waals surface area contributed by atoms with Gasteiger partial charge in [0.1, 0.15) is 24.7 Å². The van der Waals surface area contributed by atoms with Crippen molar-refractivity contribution in [3.05, 3.63) is 60.2 Å². The Labute approximate surface area is 149 Å². The number of benzene rings is 2. The highest BCUT2D eigenvalue weighted by Crippen LogP contribution is 2.31. The van der Waals surface area contributed by atoms with E-state index in [2.05, 4.69) is 4.72 Å². The fourth-order valence-corrected chi connectivity index (χ4v) is 2.83. The van der Waals surface area contributed by atoms with Crippen LogP contribution >= 0.6 is 0 Å². The number of rotatable bonds is 9. The number of halogens is 3. The monoisotopic (exact) mass is 389 g/mol. The minimum Gasteiger partial charge on any atom is -0.492 e. The molecule has 0 aliphatic carbocycles. The summed E-state index contributed by atoms with van der Waals surface area (Å²) in [6, 6.07) is 13.2. The van der Waals surface area contributed by atoms with E-state index in [1.54, 1.807) is 24.3 Å². The molecule has 0 unspecified atom stereocenters. The van der Waals surface area contributed by atoms with Crippen LogP contribution in [-0.2, 0) is 16.2 Å². The second kappa shape index (κ2) is 8.91. The maximum Gasteiger partial charge on any atom is 0.416 e. The highest BCUT2D eigenvalue weighted by Gasteiger charge is 2.30. The summed E-state index contributed by atoms with van der Waals surface area (Å²) in [6.45, 7) is -0.183. The van der Waals surface area contributed by atoms with Gasteiger partial charge in [-0.05, 0) is 30.3 Å². The molecule has 0 aliphatic heterocycles. The van der Waals surface area contributed by atoms with Crippen LogP contribution in [0.1, 0.15) is 5.56 Å². The van der Waals surface area contributed by atoms with Gasteiger partial charge in [0.25, 0.3) is 0 Å². The van der Waals surface area contributed by atoms with Crippen molar-refractivity contribution in [3.63, 3.8) is 0 Å². The zero-order chi connectivity index (χ0) is 19.0. The minimum absolute atomic E-state index is 0.0198. The lowest BCUT2D eigenvalue weighted by atomic mass is 10.2. The number of sulfonamides is 1. The van der Waals surface area contributed by atoms with Crippen molar-refractivity contribution < 1.29 is 31.1 Å². The van der Waals surface area contributed by atoms with Gasteiger partial charge in [-0.1, -0.05) is 24.3 Å². The molecule has 0 spiro atoms. The molecule has 0 aliphatic rings. The van der Waals surface area contributed by atoms with Crippen LogP contribution in [-0.4, -0.2) is 33.9 Å². The number of hydrogen-bond donors (Lipinski definition) is 1. The second-order valence-electron chi connectivity index (χ2n) is 5.25. The molecule has 26 heavy (non-hydrogen) atoms. The highest BCUT2D eigenvalue weighted by atomic mass is 32.2. The molecule has 0 bridgehead atoms. The number of para-hydroxylation sites is 1. The predicted octanol–water partition coefficient (Wildman–Crippen LogP) is 3.08. The third-order valence-electron chi connectivity index (χ3n) is 3.22. The van der Waals surface area contributed by atoms with E-state index >= 15 is 0 Å². The van der Waals surface area contributed by atoms with E-state index in [1.807, 2.05) is 6.07 Å². The van der Waals surface area contributed by atoms with Crippen LogP contribution < -0.4 is 14.2 Å². The first-order valence-electron chi connectivity index (χ1n) is 7.71. The van der Waals surface area contributed by atoms with Gasteiger partial charge in [-0.25, -0.2) is 13.1 Å². The van der Waals surface area contributed by atoms with Gasteiger partial charge in [0.2, 0.25) is 10.0 Å². The largest absolute Gasteiger partial charge is 0.492 e. The molecular weight excluding hydrogens is 371 g/mol. The number of hydrogen-bond acceptors (Lipinski definition) is 4. The van der Waals surface area contributed by atoms with Gasteiger partial charge in [0.15, 0.2) is 0 Å². The van der Waals surface area contributed by atoms with E-state index in [4.69, 9.17) is 9.47 Å². The summed E-state index contributed by atoms with van der Waals surface area (Å²) >= 11 is 0. The normalized spacial score (nSPS) is 12.0. The molecule has 0 fully saturated rings. The summed E-state index contributed by atoms with van der Waals surface area (Å²) in [6.07, 6.45) is -4.46. The lowest BCUT2D eigenvalue weighted by molar-refractivity contribution is -0.137. The van der Waals surface area contributed by atoms with Gasteiger partial charge in [-0.15, -0.1) is 0 Å². The number of nitrogens with one attached hydrogen (secondary N) is 1. The molecule has 0 saturated heterocycles. The molecule has 0 saturated carbocycles. The molecule has 0 aromatic heterocycles. The Balaban J connectivity index is 1.71. The molecule has 2 aromatic carbocycles. The first kappa shape index (κ1) is 20.1. The van der Waals surface area contributed by atoms with Gasteiger partial charge in [-0.2, -0.15) is 13.2 Å². The Morgan fingerprint density at radius 2 is 1.54 bits per heavy atom. The standard InChI is InChI=1S/C17H18F3NO4S/c18-17(19,20)14-5-4-8-16(13-14)24-10-9-21-26(22,23)12-11-25-15-6-2-1-3-7-15/h1-8,13,21H,9-12H2. The molecule has 1 N–H and O–H groups in total. The SMILES string of the molecule is O=S(=O)(CCOc1ccccc1)NCCOc1cccc(C(F)(F)F)c1. The zero-order valence-corrected chi connectivity index (χ0v) is 14.5. The molecule has 0 amide bonds.